The first kappa shape index (κ1) is 17.1. The van der Waals surface area contributed by atoms with E-state index in [1.807, 2.05) is 24.5 Å². The highest BCUT2D eigenvalue weighted by Gasteiger charge is 2.19. The van der Waals surface area contributed by atoms with E-state index in [0.29, 0.717) is 11.4 Å². The van der Waals surface area contributed by atoms with Crippen molar-refractivity contribution < 1.29 is 9.90 Å². The highest BCUT2D eigenvalue weighted by molar-refractivity contribution is 7.98. The van der Waals surface area contributed by atoms with Crippen molar-refractivity contribution in [3.05, 3.63) is 40.9 Å². The van der Waals surface area contributed by atoms with Crippen LogP contribution in [0.4, 0.5) is 0 Å². The zero-order valence-electron chi connectivity index (χ0n) is 11.7. The van der Waals surface area contributed by atoms with Crippen molar-refractivity contribution in [2.45, 2.75) is 18.9 Å². The lowest BCUT2D eigenvalue weighted by Crippen LogP contribution is -2.40. The molecular weight excluding hydrogens is 294 g/mol. The molecular formula is C15H20ClNO2S. The van der Waals surface area contributed by atoms with Crippen molar-refractivity contribution in [1.29, 1.82) is 0 Å². The molecule has 0 aliphatic rings. The highest BCUT2D eigenvalue weighted by atomic mass is 35.5. The van der Waals surface area contributed by atoms with Gasteiger partial charge in [-0.3, -0.25) is 4.79 Å². The molecule has 0 aliphatic carbocycles. The third kappa shape index (κ3) is 6.46. The first-order valence-corrected chi connectivity index (χ1v) is 8.13. The Kier molecular flexibility index (Phi) is 7.13. The maximum Gasteiger partial charge on any atom is 0.244 e. The quantitative estimate of drug-likeness (QED) is 0.761. The molecule has 0 saturated heterocycles. The summed E-state index contributed by atoms with van der Waals surface area (Å²) < 4.78 is 0. The maximum atomic E-state index is 11.7. The van der Waals surface area contributed by atoms with Crippen LogP contribution >= 0.6 is 23.4 Å². The average molecular weight is 314 g/mol. The molecule has 0 unspecified atom stereocenters. The molecule has 0 spiro atoms. The standard InChI is InChI=1S/C15H20ClNO2S/c1-15(19,9-10-20-2)11-17-14(18)8-7-12-5-3-4-6-13(12)16/h3-8,19H,9-11H2,1-2H3,(H,17,18)/b8-7+/t15-/m1/s1. The molecule has 0 bridgehead atoms. The Morgan fingerprint density at radius 3 is 2.85 bits per heavy atom. The number of thioether (sulfide) groups is 1. The van der Waals surface area contributed by atoms with Crippen LogP contribution in [0.3, 0.4) is 0 Å². The summed E-state index contributed by atoms with van der Waals surface area (Å²) in [5, 5.41) is 13.3. The van der Waals surface area contributed by atoms with Crippen molar-refractivity contribution in [2.24, 2.45) is 0 Å². The number of carbonyl (C=O) groups excluding carboxylic acids is 1. The van der Waals surface area contributed by atoms with Gasteiger partial charge in [-0.05, 0) is 43.1 Å². The first-order chi connectivity index (χ1) is 9.44. The molecule has 0 saturated carbocycles. The second-order valence-corrected chi connectivity index (χ2v) is 6.21. The molecule has 0 aromatic heterocycles. The van der Waals surface area contributed by atoms with Gasteiger partial charge in [0.1, 0.15) is 0 Å². The summed E-state index contributed by atoms with van der Waals surface area (Å²) >= 11 is 7.66. The summed E-state index contributed by atoms with van der Waals surface area (Å²) in [6.45, 7) is 1.96. The molecule has 0 fully saturated rings. The van der Waals surface area contributed by atoms with E-state index in [4.69, 9.17) is 11.6 Å². The molecule has 1 rings (SSSR count). The summed E-state index contributed by atoms with van der Waals surface area (Å²) in [6.07, 6.45) is 5.71. The Labute approximate surface area is 129 Å². The van der Waals surface area contributed by atoms with Gasteiger partial charge in [0.15, 0.2) is 0 Å². The van der Waals surface area contributed by atoms with Crippen LogP contribution in [0.1, 0.15) is 18.9 Å². The zero-order valence-corrected chi connectivity index (χ0v) is 13.3. The molecule has 3 nitrogen and oxygen atoms in total. The minimum absolute atomic E-state index is 0.235. The average Bonchev–Trinajstić information content (AvgIpc) is 2.42. The summed E-state index contributed by atoms with van der Waals surface area (Å²) in [6, 6.07) is 7.30. The van der Waals surface area contributed by atoms with Gasteiger partial charge in [0.05, 0.1) is 5.60 Å². The predicted molar refractivity (Wildman–Crippen MR) is 87.1 cm³/mol. The SMILES string of the molecule is CSCC[C@@](C)(O)CNC(=O)/C=C/c1ccccc1Cl. The molecule has 1 atom stereocenters. The molecule has 5 heteroatoms. The summed E-state index contributed by atoms with van der Waals surface area (Å²) in [5.74, 6) is 0.618. The molecule has 20 heavy (non-hydrogen) atoms. The van der Waals surface area contributed by atoms with E-state index in [1.54, 1.807) is 30.8 Å². The Morgan fingerprint density at radius 1 is 1.50 bits per heavy atom. The zero-order chi connectivity index (χ0) is 15.0. The van der Waals surface area contributed by atoms with Gasteiger partial charge in [0.2, 0.25) is 5.91 Å². The lowest BCUT2D eigenvalue weighted by Gasteiger charge is -2.22. The monoisotopic (exact) mass is 313 g/mol. The molecule has 0 aliphatic heterocycles. The number of hydrogen-bond acceptors (Lipinski definition) is 3. The maximum absolute atomic E-state index is 11.7. The number of amides is 1. The van der Waals surface area contributed by atoms with Crippen LogP contribution in [0.25, 0.3) is 6.08 Å². The number of carbonyl (C=O) groups is 1. The Hall–Kier alpha value is -0.970. The van der Waals surface area contributed by atoms with E-state index in [1.165, 1.54) is 6.08 Å². The smallest absolute Gasteiger partial charge is 0.244 e. The van der Waals surface area contributed by atoms with Crippen LogP contribution in [-0.4, -0.2) is 35.2 Å². The van der Waals surface area contributed by atoms with E-state index in [2.05, 4.69) is 5.32 Å². The van der Waals surface area contributed by atoms with Crippen LogP contribution in [0.5, 0.6) is 0 Å². The van der Waals surface area contributed by atoms with Gasteiger partial charge in [-0.1, -0.05) is 29.8 Å². The Balaban J connectivity index is 2.46. The number of benzene rings is 1. The highest BCUT2D eigenvalue weighted by Crippen LogP contribution is 2.16. The van der Waals surface area contributed by atoms with Crippen LogP contribution in [0.2, 0.25) is 5.02 Å². The van der Waals surface area contributed by atoms with E-state index in [-0.39, 0.29) is 12.5 Å². The fourth-order valence-electron chi connectivity index (χ4n) is 1.52. The van der Waals surface area contributed by atoms with Gasteiger partial charge < -0.3 is 10.4 Å². The van der Waals surface area contributed by atoms with Crippen molar-refractivity contribution in [3.63, 3.8) is 0 Å². The number of halogens is 1. The largest absolute Gasteiger partial charge is 0.388 e. The van der Waals surface area contributed by atoms with Gasteiger partial charge in [0.25, 0.3) is 0 Å². The van der Waals surface area contributed by atoms with Gasteiger partial charge >= 0.3 is 0 Å². The second-order valence-electron chi connectivity index (χ2n) is 4.81. The predicted octanol–water partition coefficient (Wildman–Crippen LogP) is 2.97. The normalized spacial score (nSPS) is 14.2. The van der Waals surface area contributed by atoms with Crippen molar-refractivity contribution >= 4 is 35.3 Å². The van der Waals surface area contributed by atoms with Gasteiger partial charge in [0, 0.05) is 17.6 Å². The fraction of sp³-hybridized carbons (Fsp3) is 0.400. The molecule has 2 N–H and O–H groups in total. The summed E-state index contributed by atoms with van der Waals surface area (Å²) in [4.78, 5) is 11.7. The molecule has 1 amide bonds. The fourth-order valence-corrected chi connectivity index (χ4v) is 2.37. The number of aliphatic hydroxyl groups is 1. The Morgan fingerprint density at radius 2 is 2.20 bits per heavy atom. The third-order valence-corrected chi connectivity index (χ3v) is 3.76. The first-order valence-electron chi connectivity index (χ1n) is 6.36. The van der Waals surface area contributed by atoms with Gasteiger partial charge in [-0.2, -0.15) is 11.8 Å². The number of rotatable bonds is 7. The molecule has 110 valence electrons. The van der Waals surface area contributed by atoms with Crippen molar-refractivity contribution in [3.8, 4) is 0 Å². The molecule has 0 radical (unpaired) electrons. The van der Waals surface area contributed by atoms with Gasteiger partial charge in [-0.15, -0.1) is 0 Å². The molecule has 1 aromatic rings. The van der Waals surface area contributed by atoms with Crippen molar-refractivity contribution in [1.82, 2.24) is 5.32 Å². The van der Waals surface area contributed by atoms with E-state index >= 15 is 0 Å². The van der Waals surface area contributed by atoms with Crippen LogP contribution < -0.4 is 5.32 Å². The second kappa shape index (κ2) is 8.35. The lowest BCUT2D eigenvalue weighted by molar-refractivity contribution is -0.117. The van der Waals surface area contributed by atoms with Crippen LogP contribution in [-0.2, 0) is 4.79 Å². The van der Waals surface area contributed by atoms with E-state index < -0.39 is 5.60 Å². The minimum atomic E-state index is -0.878. The number of hydrogen-bond donors (Lipinski definition) is 2. The molecule has 0 heterocycles. The lowest BCUT2D eigenvalue weighted by atomic mass is 10.0. The van der Waals surface area contributed by atoms with Crippen LogP contribution in [0.15, 0.2) is 30.3 Å². The number of nitrogens with one attached hydrogen (secondary N) is 1. The van der Waals surface area contributed by atoms with E-state index in [0.717, 1.165) is 11.3 Å². The minimum Gasteiger partial charge on any atom is -0.388 e. The summed E-state index contributed by atoms with van der Waals surface area (Å²) in [7, 11) is 0. The van der Waals surface area contributed by atoms with E-state index in [9.17, 15) is 9.90 Å². The topological polar surface area (TPSA) is 49.3 Å². The van der Waals surface area contributed by atoms with Crippen molar-refractivity contribution in [2.75, 3.05) is 18.6 Å². The van der Waals surface area contributed by atoms with Crippen LogP contribution in [0, 0.1) is 0 Å². The Bertz CT molecular complexity index is 475. The van der Waals surface area contributed by atoms with Gasteiger partial charge in [-0.25, -0.2) is 0 Å². The molecule has 1 aromatic carbocycles. The third-order valence-electron chi connectivity index (χ3n) is 2.81. The summed E-state index contributed by atoms with van der Waals surface area (Å²) in [5.41, 5.74) is -0.0878.